The van der Waals surface area contributed by atoms with Crippen molar-refractivity contribution in [3.63, 3.8) is 0 Å². The van der Waals surface area contributed by atoms with E-state index < -0.39 is 13.4 Å². The van der Waals surface area contributed by atoms with Gasteiger partial charge in [-0.15, -0.1) is 0 Å². The summed E-state index contributed by atoms with van der Waals surface area (Å²) in [4.78, 5) is 0. The van der Waals surface area contributed by atoms with Crippen molar-refractivity contribution in [1.82, 2.24) is 0 Å². The molecule has 11 heavy (non-hydrogen) atoms. The fourth-order valence-corrected chi connectivity index (χ4v) is 2.60. The van der Waals surface area contributed by atoms with E-state index in [2.05, 4.69) is 27.7 Å². The third kappa shape index (κ3) is 18.4. The number of hydrogen-bond donors (Lipinski definition) is 0. The molecular weight excluding hydrogens is 277 g/mol. The molecule has 0 aliphatic carbocycles. The van der Waals surface area contributed by atoms with E-state index in [1.54, 1.807) is 0 Å². The molecule has 0 nitrogen and oxygen atoms in total. The summed E-state index contributed by atoms with van der Waals surface area (Å²) in [5.41, 5.74) is 0. The van der Waals surface area contributed by atoms with Gasteiger partial charge in [-0.25, -0.2) is 0 Å². The van der Waals surface area contributed by atoms with E-state index in [-0.39, 0.29) is 0 Å². The zero-order valence-electron chi connectivity index (χ0n) is 8.21. The summed E-state index contributed by atoms with van der Waals surface area (Å²) in [6, 6.07) is 0. The van der Waals surface area contributed by atoms with Crippen LogP contribution in [0.1, 0.15) is 27.7 Å². The average molecular weight is 297 g/mol. The van der Waals surface area contributed by atoms with E-state index in [9.17, 15) is 0 Å². The summed E-state index contributed by atoms with van der Waals surface area (Å²) in [5, 5.41) is 5.46. The third-order valence-electron chi connectivity index (χ3n) is 1.27. The minimum atomic E-state index is -0.907. The van der Waals surface area contributed by atoms with Crippen molar-refractivity contribution < 1.29 is 0 Å². The van der Waals surface area contributed by atoms with Gasteiger partial charge in [0.25, 0.3) is 0 Å². The first kappa shape index (κ1) is 14.9. The van der Waals surface area contributed by atoms with Crippen LogP contribution in [-0.4, -0.2) is 28.9 Å². The topological polar surface area (TPSA) is 0 Å². The van der Waals surface area contributed by atoms with Crippen LogP contribution in [-0.2, 0) is 0 Å². The van der Waals surface area contributed by atoms with Crippen molar-refractivity contribution in [2.75, 3.05) is 0 Å². The Balaban J connectivity index is 0. The fourth-order valence-electron chi connectivity index (χ4n) is 0.500. The Morgan fingerprint density at radius 3 is 1.36 bits per heavy atom. The molecule has 0 aromatic carbocycles. The van der Waals surface area contributed by atoms with Gasteiger partial charge in [-0.1, -0.05) is 0 Å². The summed E-state index contributed by atoms with van der Waals surface area (Å²) in [5.74, 6) is 0. The maximum absolute atomic E-state index is 5.82. The Labute approximate surface area is 87.2 Å². The molecule has 0 spiro atoms. The van der Waals surface area contributed by atoms with Crippen molar-refractivity contribution in [3.05, 3.63) is 0 Å². The molecule has 3 radical (unpaired) electrons. The van der Waals surface area contributed by atoms with Gasteiger partial charge in [-0.2, -0.15) is 0 Å². The monoisotopic (exact) mass is 299 g/mol. The van der Waals surface area contributed by atoms with Crippen LogP contribution < -0.4 is 0 Å². The van der Waals surface area contributed by atoms with Gasteiger partial charge < -0.3 is 0 Å². The normalized spacial score (nSPS) is 9.27. The zero-order chi connectivity index (χ0) is 9.11. The molecule has 0 atom stereocenters. The molecule has 0 aromatic heterocycles. The van der Waals surface area contributed by atoms with E-state index in [1.165, 1.54) is 21.0 Å². The van der Waals surface area contributed by atoms with Gasteiger partial charge in [0.15, 0.2) is 0 Å². The first-order valence-electron chi connectivity index (χ1n) is 4.43. The molecule has 0 saturated heterocycles. The first-order valence-corrected chi connectivity index (χ1v) is 13.1. The van der Waals surface area contributed by atoms with Crippen LogP contribution in [0.5, 0.6) is 0 Å². The van der Waals surface area contributed by atoms with Crippen molar-refractivity contribution >= 4 is 38.9 Å². The van der Waals surface area contributed by atoms with Gasteiger partial charge in [-0.3, -0.25) is 0 Å². The fraction of sp³-hybridized carbons (Fsp3) is 1.00. The molecule has 0 aromatic rings. The van der Waals surface area contributed by atoms with Crippen molar-refractivity contribution in [2.24, 2.45) is 0 Å². The van der Waals surface area contributed by atoms with E-state index in [4.69, 9.17) is 10.0 Å². The van der Waals surface area contributed by atoms with Crippen LogP contribution in [0.15, 0.2) is 0 Å². The van der Waals surface area contributed by atoms with E-state index in [0.29, 0.717) is 15.4 Å². The molecule has 0 rings (SSSR count). The molecule has 0 unspecified atom stereocenters. The second-order valence-electron chi connectivity index (χ2n) is 2.18. The predicted octanol–water partition coefficient (Wildman–Crippen LogP) is 3.82. The Morgan fingerprint density at radius 1 is 1.00 bits per heavy atom. The summed E-state index contributed by atoms with van der Waals surface area (Å²) < 4.78 is 0. The molecule has 0 N–H and O–H groups in total. The molecule has 3 heteroatoms. The van der Waals surface area contributed by atoms with Crippen LogP contribution in [0.2, 0.25) is 21.0 Å². The number of halogens is 1. The van der Waals surface area contributed by atoms with E-state index in [0.717, 1.165) is 0 Å². The van der Waals surface area contributed by atoms with Crippen LogP contribution in [0.25, 0.3) is 0 Å². The van der Waals surface area contributed by atoms with Gasteiger partial charge in [0.05, 0.1) is 0 Å². The zero-order valence-corrected chi connectivity index (χ0v) is 13.2. The molecule has 0 aliphatic rings. The van der Waals surface area contributed by atoms with Crippen LogP contribution >= 0.6 is 10.0 Å². The van der Waals surface area contributed by atoms with Crippen molar-refractivity contribution in [1.29, 1.82) is 0 Å². The molecule has 0 amide bonds. The van der Waals surface area contributed by atoms with E-state index >= 15 is 0 Å². The Bertz CT molecular complexity index is 54.1. The molecule has 0 saturated carbocycles. The summed E-state index contributed by atoms with van der Waals surface area (Å²) in [6.45, 7) is 8.88. The Morgan fingerprint density at radius 2 is 1.36 bits per heavy atom. The van der Waals surface area contributed by atoms with Gasteiger partial charge in [0.2, 0.25) is 0 Å². The molecule has 67 valence electrons. The quantitative estimate of drug-likeness (QED) is 0.692. The van der Waals surface area contributed by atoms with Gasteiger partial charge in [-0.05, 0) is 0 Å². The molecule has 0 fully saturated rings. The second-order valence-corrected chi connectivity index (χ2v) is 14.1. The predicted molar refractivity (Wildman–Crippen MR) is 59.3 cm³/mol. The van der Waals surface area contributed by atoms with E-state index in [1.807, 2.05) is 0 Å². The maximum atomic E-state index is 5.82. The van der Waals surface area contributed by atoms with Crippen LogP contribution in [0, 0.1) is 0 Å². The van der Waals surface area contributed by atoms with Crippen molar-refractivity contribution in [3.8, 4) is 0 Å². The average Bonchev–Trinajstić information content (AvgIpc) is 2.06. The third-order valence-corrected chi connectivity index (χ3v) is 9.36. The number of hydrogen-bond acceptors (Lipinski definition) is 0. The summed E-state index contributed by atoms with van der Waals surface area (Å²) >= 11 is -0.380. The standard InChI is InChI=1S/C4H10ClGe.C4H10Ge/c1-3-6(5)4-2;1-3-5-4-2/h3-4H2,1-2H3;3-4H2,1-2H3. The van der Waals surface area contributed by atoms with Gasteiger partial charge in [0, 0.05) is 0 Å². The SMILES string of the molecule is C[CH2][Ge]([Cl])[CH2]C.C[CH2][Ge][CH2]C. The molecular formula is C8H20ClGe2. The summed E-state index contributed by atoms with van der Waals surface area (Å²) in [6.07, 6.45) is 0. The number of rotatable bonds is 4. The van der Waals surface area contributed by atoms with Gasteiger partial charge >= 0.3 is 87.6 Å². The summed E-state index contributed by atoms with van der Waals surface area (Å²) in [7, 11) is 5.82. The molecule has 0 heterocycles. The molecule has 0 bridgehead atoms. The minimum absolute atomic E-state index is 0.528. The van der Waals surface area contributed by atoms with Crippen LogP contribution in [0.4, 0.5) is 0 Å². The Hall–Kier alpha value is 1.38. The first-order chi connectivity index (χ1) is 5.22. The van der Waals surface area contributed by atoms with Crippen LogP contribution in [0.3, 0.4) is 0 Å². The van der Waals surface area contributed by atoms with Crippen molar-refractivity contribution in [2.45, 2.75) is 48.7 Å². The molecule has 0 aliphatic heterocycles. The second kappa shape index (κ2) is 13.9. The van der Waals surface area contributed by atoms with Gasteiger partial charge in [0.1, 0.15) is 0 Å². The Kier molecular flexibility index (Phi) is 18.8.